The van der Waals surface area contributed by atoms with Gasteiger partial charge in [0.1, 0.15) is 0 Å². The molecule has 0 radical (unpaired) electrons. The molecule has 1 aromatic heterocycles. The lowest BCUT2D eigenvalue weighted by molar-refractivity contribution is 0.0667. The van der Waals surface area contributed by atoms with Gasteiger partial charge >= 0.3 is 5.97 Å². The number of fused-ring (bicyclic) bond motifs is 1. The van der Waals surface area contributed by atoms with E-state index in [2.05, 4.69) is 15.4 Å². The lowest BCUT2D eigenvalue weighted by Crippen LogP contribution is -2.27. The first-order valence-electron chi connectivity index (χ1n) is 5.67. The third-order valence-corrected chi connectivity index (χ3v) is 3.08. The summed E-state index contributed by atoms with van der Waals surface area (Å²) in [6, 6.07) is 7.71. The van der Waals surface area contributed by atoms with Crippen molar-refractivity contribution in [3.63, 3.8) is 0 Å². The van der Waals surface area contributed by atoms with Gasteiger partial charge in [-0.2, -0.15) is 5.21 Å². The number of aromatic amines is 1. The molecule has 0 saturated heterocycles. The summed E-state index contributed by atoms with van der Waals surface area (Å²) in [7, 11) is 0. The molecule has 3 rings (SSSR count). The molecule has 7 heteroatoms. The van der Waals surface area contributed by atoms with Crippen molar-refractivity contribution in [3.05, 3.63) is 46.8 Å². The number of carbonyl (C=O) groups is 2. The van der Waals surface area contributed by atoms with Gasteiger partial charge in [-0.15, -0.1) is 10.2 Å². The molecule has 2 heterocycles. The van der Waals surface area contributed by atoms with E-state index in [-0.39, 0.29) is 11.4 Å². The van der Waals surface area contributed by atoms with Crippen LogP contribution in [-0.2, 0) is 13.1 Å². The summed E-state index contributed by atoms with van der Waals surface area (Å²) in [6.07, 6.45) is 0. The molecule has 2 aromatic rings. The van der Waals surface area contributed by atoms with E-state index in [1.165, 1.54) is 0 Å². The van der Waals surface area contributed by atoms with Crippen molar-refractivity contribution < 1.29 is 14.7 Å². The number of rotatable bonds is 2. The number of aromatic nitrogens is 3. The molecular formula is C12H10N4O3. The highest BCUT2D eigenvalue weighted by atomic mass is 16.4. The van der Waals surface area contributed by atoms with Crippen LogP contribution in [-0.4, -0.2) is 37.3 Å². The Morgan fingerprint density at radius 3 is 2.26 bits per heavy atom. The molecule has 0 saturated carbocycles. The van der Waals surface area contributed by atoms with Gasteiger partial charge in [0, 0.05) is 13.1 Å². The molecule has 1 aromatic carbocycles. The molecule has 2 N–H and O–H groups in total. The van der Waals surface area contributed by atoms with Crippen LogP contribution in [0.3, 0.4) is 0 Å². The fourth-order valence-electron chi connectivity index (χ4n) is 2.16. The van der Waals surface area contributed by atoms with Crippen LogP contribution in [0.1, 0.15) is 32.1 Å². The predicted octanol–water partition coefficient (Wildman–Crippen LogP) is 0.659. The Morgan fingerprint density at radius 2 is 1.68 bits per heavy atom. The number of nitrogens with zero attached hydrogens (tertiary/aromatic N) is 3. The average Bonchev–Trinajstić information content (AvgIpc) is 3.04. The summed E-state index contributed by atoms with van der Waals surface area (Å²) < 4.78 is 0. The highest BCUT2D eigenvalue weighted by molar-refractivity contribution is 6.02. The van der Waals surface area contributed by atoms with Crippen LogP contribution >= 0.6 is 0 Å². The normalized spacial score (nSPS) is 13.4. The van der Waals surface area contributed by atoms with E-state index in [0.717, 1.165) is 11.1 Å². The Kier molecular flexibility index (Phi) is 2.52. The second kappa shape index (κ2) is 4.20. The number of hydrogen-bond acceptors (Lipinski definition) is 4. The zero-order valence-corrected chi connectivity index (χ0v) is 9.83. The highest BCUT2D eigenvalue weighted by Gasteiger charge is 2.29. The first-order chi connectivity index (χ1) is 9.16. The maximum absolute atomic E-state index is 12.2. The fourth-order valence-corrected chi connectivity index (χ4v) is 2.16. The maximum Gasteiger partial charge on any atom is 0.358 e. The number of benzene rings is 1. The fraction of sp³-hybridized carbons (Fsp3) is 0.167. The van der Waals surface area contributed by atoms with Crippen molar-refractivity contribution in [2.45, 2.75) is 13.1 Å². The van der Waals surface area contributed by atoms with Crippen LogP contribution in [0.2, 0.25) is 0 Å². The number of carboxylic acid groups (broad SMARTS) is 1. The quantitative estimate of drug-likeness (QED) is 0.824. The summed E-state index contributed by atoms with van der Waals surface area (Å²) in [5.41, 5.74) is 1.63. The Morgan fingerprint density at radius 1 is 1.11 bits per heavy atom. The van der Waals surface area contributed by atoms with Gasteiger partial charge in [-0.25, -0.2) is 4.79 Å². The minimum atomic E-state index is -1.27. The lowest BCUT2D eigenvalue weighted by Gasteiger charge is -2.13. The van der Waals surface area contributed by atoms with Gasteiger partial charge < -0.3 is 10.0 Å². The minimum Gasteiger partial charge on any atom is -0.476 e. The first-order valence-corrected chi connectivity index (χ1v) is 5.67. The van der Waals surface area contributed by atoms with E-state index in [1.54, 1.807) is 4.90 Å². The van der Waals surface area contributed by atoms with E-state index in [1.807, 2.05) is 24.3 Å². The van der Waals surface area contributed by atoms with Crippen molar-refractivity contribution in [2.75, 3.05) is 0 Å². The van der Waals surface area contributed by atoms with Gasteiger partial charge in [0.05, 0.1) is 0 Å². The van der Waals surface area contributed by atoms with Crippen molar-refractivity contribution in [3.8, 4) is 0 Å². The van der Waals surface area contributed by atoms with Crippen molar-refractivity contribution in [1.29, 1.82) is 0 Å². The Hall–Kier alpha value is -2.70. The molecule has 0 spiro atoms. The van der Waals surface area contributed by atoms with Crippen LogP contribution in [0.25, 0.3) is 0 Å². The van der Waals surface area contributed by atoms with Gasteiger partial charge in [0.25, 0.3) is 5.91 Å². The van der Waals surface area contributed by atoms with Crippen LogP contribution in [0.4, 0.5) is 0 Å². The summed E-state index contributed by atoms with van der Waals surface area (Å²) in [6.45, 7) is 0.919. The maximum atomic E-state index is 12.2. The number of nitrogens with one attached hydrogen (secondary N) is 1. The van der Waals surface area contributed by atoms with E-state index in [0.29, 0.717) is 13.1 Å². The number of amides is 1. The summed E-state index contributed by atoms with van der Waals surface area (Å²) >= 11 is 0. The summed E-state index contributed by atoms with van der Waals surface area (Å²) in [4.78, 5) is 24.7. The van der Waals surface area contributed by atoms with Crippen molar-refractivity contribution in [1.82, 2.24) is 20.3 Å². The van der Waals surface area contributed by atoms with Gasteiger partial charge in [-0.3, -0.25) is 4.79 Å². The number of carbonyl (C=O) groups excluding carboxylic acids is 1. The second-order valence-electron chi connectivity index (χ2n) is 4.26. The zero-order chi connectivity index (χ0) is 13.4. The Bertz CT molecular complexity index is 639. The molecular weight excluding hydrogens is 248 g/mol. The Balaban J connectivity index is 1.87. The summed E-state index contributed by atoms with van der Waals surface area (Å²) in [5.74, 6) is -1.70. The first kappa shape index (κ1) is 11.4. The largest absolute Gasteiger partial charge is 0.476 e. The SMILES string of the molecule is O=C(O)c1n[nH]nc1C(=O)N1Cc2ccccc2C1. The molecule has 96 valence electrons. The Labute approximate surface area is 107 Å². The van der Waals surface area contributed by atoms with Crippen molar-refractivity contribution >= 4 is 11.9 Å². The van der Waals surface area contributed by atoms with Gasteiger partial charge in [-0.1, -0.05) is 24.3 Å². The van der Waals surface area contributed by atoms with Crippen LogP contribution in [0, 0.1) is 0 Å². The van der Waals surface area contributed by atoms with Crippen LogP contribution < -0.4 is 0 Å². The van der Waals surface area contributed by atoms with Gasteiger partial charge in [0.2, 0.25) is 5.69 Å². The number of aromatic carboxylic acids is 1. The number of H-pyrrole nitrogens is 1. The third kappa shape index (κ3) is 1.85. The molecule has 0 bridgehead atoms. The molecule has 1 amide bonds. The predicted molar refractivity (Wildman–Crippen MR) is 63.4 cm³/mol. The molecule has 0 unspecified atom stereocenters. The van der Waals surface area contributed by atoms with Gasteiger partial charge in [0.15, 0.2) is 5.69 Å². The third-order valence-electron chi connectivity index (χ3n) is 3.08. The van der Waals surface area contributed by atoms with E-state index in [4.69, 9.17) is 5.11 Å². The molecule has 0 fully saturated rings. The van der Waals surface area contributed by atoms with Crippen LogP contribution in [0.5, 0.6) is 0 Å². The second-order valence-corrected chi connectivity index (χ2v) is 4.26. The molecule has 1 aliphatic rings. The number of hydrogen-bond donors (Lipinski definition) is 2. The molecule has 19 heavy (non-hydrogen) atoms. The van der Waals surface area contributed by atoms with Crippen molar-refractivity contribution in [2.24, 2.45) is 0 Å². The smallest absolute Gasteiger partial charge is 0.358 e. The standard InChI is InChI=1S/C12H10N4O3/c17-11(9-10(12(18)19)14-15-13-9)16-5-7-3-1-2-4-8(7)6-16/h1-4H,5-6H2,(H,18,19)(H,13,14,15). The molecule has 1 aliphatic heterocycles. The number of carboxylic acids is 1. The molecule has 0 aliphatic carbocycles. The van der Waals surface area contributed by atoms with E-state index in [9.17, 15) is 9.59 Å². The highest BCUT2D eigenvalue weighted by Crippen LogP contribution is 2.23. The van der Waals surface area contributed by atoms with Crippen LogP contribution in [0.15, 0.2) is 24.3 Å². The topological polar surface area (TPSA) is 99.2 Å². The molecule has 7 nitrogen and oxygen atoms in total. The monoisotopic (exact) mass is 258 g/mol. The lowest BCUT2D eigenvalue weighted by atomic mass is 10.1. The van der Waals surface area contributed by atoms with E-state index >= 15 is 0 Å². The van der Waals surface area contributed by atoms with Gasteiger partial charge in [-0.05, 0) is 11.1 Å². The minimum absolute atomic E-state index is 0.152. The molecule has 0 atom stereocenters. The summed E-state index contributed by atoms with van der Waals surface area (Å²) in [5, 5.41) is 18.2. The zero-order valence-electron chi connectivity index (χ0n) is 9.83. The average molecular weight is 258 g/mol. The van der Waals surface area contributed by atoms with E-state index < -0.39 is 11.9 Å².